The van der Waals surface area contributed by atoms with Crippen LogP contribution in [0.4, 0.5) is 10.6 Å². The average molecular weight is 439 g/mol. The third-order valence-electron chi connectivity index (χ3n) is 4.77. The molecule has 1 aliphatic carbocycles. The number of urea groups is 1. The van der Waals surface area contributed by atoms with E-state index in [4.69, 9.17) is 4.42 Å². The summed E-state index contributed by atoms with van der Waals surface area (Å²) in [7, 11) is 0. The minimum absolute atomic E-state index is 0.0612. The number of aryl methyl sites for hydroxylation is 2. The molecule has 4 rings (SSSR count). The van der Waals surface area contributed by atoms with E-state index in [1.807, 2.05) is 13.0 Å². The number of carbonyl (C=O) groups is 3. The number of imide groups is 1. The van der Waals surface area contributed by atoms with Crippen LogP contribution in [0.3, 0.4) is 0 Å². The van der Waals surface area contributed by atoms with Gasteiger partial charge in [-0.1, -0.05) is 30.0 Å². The predicted molar refractivity (Wildman–Crippen MR) is 116 cm³/mol. The summed E-state index contributed by atoms with van der Waals surface area (Å²) in [5, 5.41) is 8.65. The Morgan fingerprint density at radius 1 is 1.13 bits per heavy atom. The van der Waals surface area contributed by atoms with E-state index in [0.717, 1.165) is 30.2 Å². The molecular formula is C21H21N5O4S. The highest BCUT2D eigenvalue weighted by Gasteiger charge is 2.24. The predicted octanol–water partition coefficient (Wildman–Crippen LogP) is 3.17. The smallest absolute Gasteiger partial charge is 0.321 e. The first kappa shape index (κ1) is 20.9. The molecule has 31 heavy (non-hydrogen) atoms. The Labute approximate surface area is 182 Å². The molecule has 1 aromatic carbocycles. The summed E-state index contributed by atoms with van der Waals surface area (Å²) < 4.78 is 5.71. The lowest BCUT2D eigenvalue weighted by Gasteiger charge is -2.08. The topological polar surface area (TPSA) is 126 Å². The summed E-state index contributed by atoms with van der Waals surface area (Å²) in [6, 6.07) is 8.44. The first-order valence-corrected chi connectivity index (χ1v) is 10.8. The fourth-order valence-electron chi connectivity index (χ4n) is 2.90. The lowest BCUT2D eigenvalue weighted by molar-refractivity contribution is -0.117. The van der Waals surface area contributed by atoms with Gasteiger partial charge in [-0.3, -0.25) is 14.9 Å². The van der Waals surface area contributed by atoms with Crippen molar-refractivity contribution in [2.45, 2.75) is 37.9 Å². The van der Waals surface area contributed by atoms with Gasteiger partial charge in [-0.15, -0.1) is 0 Å². The van der Waals surface area contributed by atoms with Crippen LogP contribution in [0.15, 0.2) is 39.9 Å². The molecule has 1 fully saturated rings. The van der Waals surface area contributed by atoms with Crippen LogP contribution in [0.25, 0.3) is 11.1 Å². The van der Waals surface area contributed by atoms with Crippen LogP contribution in [0.5, 0.6) is 0 Å². The van der Waals surface area contributed by atoms with Crippen molar-refractivity contribution < 1.29 is 18.8 Å². The minimum Gasteiger partial charge on any atom is -0.443 e. The maximum absolute atomic E-state index is 12.7. The lowest BCUT2D eigenvalue weighted by atomic mass is 10.2. The number of rotatable bonds is 6. The van der Waals surface area contributed by atoms with E-state index in [9.17, 15) is 14.4 Å². The van der Waals surface area contributed by atoms with Crippen molar-refractivity contribution in [1.82, 2.24) is 20.6 Å². The Morgan fingerprint density at radius 2 is 1.87 bits per heavy atom. The zero-order chi connectivity index (χ0) is 22.0. The largest absolute Gasteiger partial charge is 0.443 e. The second-order valence-electron chi connectivity index (χ2n) is 7.22. The van der Waals surface area contributed by atoms with Gasteiger partial charge < -0.3 is 15.1 Å². The van der Waals surface area contributed by atoms with Crippen molar-refractivity contribution in [1.29, 1.82) is 0 Å². The normalized spacial score (nSPS) is 13.1. The summed E-state index contributed by atoms with van der Waals surface area (Å²) in [6.45, 7) is 3.67. The highest BCUT2D eigenvalue weighted by molar-refractivity contribution is 7.99. The third-order valence-corrected chi connectivity index (χ3v) is 5.62. The molecule has 3 N–H and O–H groups in total. The standard InChI is InChI=1S/C21H21N5O4S/c1-11-12(2)30-19-16(11)17(24-18(28)13-6-4-3-5-7-13)25-21(26-19)31-10-15(27)23-20(29)22-14-8-9-14/h3-7,14H,8-10H2,1-2H3,(H2,22,23,27,29)(H,24,25,26,28). The average Bonchev–Trinajstić information content (AvgIpc) is 3.50. The molecule has 2 aromatic heterocycles. The first-order valence-electron chi connectivity index (χ1n) is 9.78. The quantitative estimate of drug-likeness (QED) is 0.398. The summed E-state index contributed by atoms with van der Waals surface area (Å²) in [5.41, 5.74) is 1.63. The van der Waals surface area contributed by atoms with Gasteiger partial charge in [0.05, 0.1) is 11.1 Å². The van der Waals surface area contributed by atoms with Crippen molar-refractivity contribution in [2.24, 2.45) is 0 Å². The van der Waals surface area contributed by atoms with Crippen LogP contribution < -0.4 is 16.0 Å². The second kappa shape index (κ2) is 8.76. The van der Waals surface area contributed by atoms with Gasteiger partial charge in [-0.25, -0.2) is 9.78 Å². The molecule has 9 nitrogen and oxygen atoms in total. The number of fused-ring (bicyclic) bond motifs is 1. The molecule has 10 heteroatoms. The minimum atomic E-state index is -0.502. The van der Waals surface area contributed by atoms with Gasteiger partial charge in [0.2, 0.25) is 11.6 Å². The van der Waals surface area contributed by atoms with E-state index in [1.165, 1.54) is 0 Å². The highest BCUT2D eigenvalue weighted by atomic mass is 32.2. The van der Waals surface area contributed by atoms with E-state index < -0.39 is 11.9 Å². The van der Waals surface area contributed by atoms with Crippen LogP contribution in [-0.2, 0) is 4.79 Å². The lowest BCUT2D eigenvalue weighted by Crippen LogP contribution is -2.41. The van der Waals surface area contributed by atoms with Crippen LogP contribution in [0.1, 0.15) is 34.5 Å². The fourth-order valence-corrected chi connectivity index (χ4v) is 3.53. The molecule has 1 aliphatic rings. The Kier molecular flexibility index (Phi) is 5.90. The number of carbonyl (C=O) groups excluding carboxylic acids is 3. The van der Waals surface area contributed by atoms with Gasteiger partial charge >= 0.3 is 6.03 Å². The van der Waals surface area contributed by atoms with Gasteiger partial charge in [-0.05, 0) is 38.8 Å². The monoisotopic (exact) mass is 439 g/mol. The molecule has 0 aliphatic heterocycles. The van der Waals surface area contributed by atoms with Crippen LogP contribution >= 0.6 is 11.8 Å². The van der Waals surface area contributed by atoms with Gasteiger partial charge in [0.25, 0.3) is 5.91 Å². The number of nitrogens with one attached hydrogen (secondary N) is 3. The maximum atomic E-state index is 12.7. The Bertz CT molecular complexity index is 1160. The van der Waals surface area contributed by atoms with Gasteiger partial charge in [0.15, 0.2) is 5.16 Å². The molecule has 4 amide bonds. The molecule has 2 heterocycles. The third kappa shape index (κ3) is 5.02. The number of amides is 4. The van der Waals surface area contributed by atoms with E-state index in [0.29, 0.717) is 28.2 Å². The van der Waals surface area contributed by atoms with E-state index >= 15 is 0 Å². The Balaban J connectivity index is 1.51. The first-order chi connectivity index (χ1) is 14.9. The molecule has 0 atom stereocenters. The molecule has 0 radical (unpaired) electrons. The molecule has 3 aromatic rings. The summed E-state index contributed by atoms with van der Waals surface area (Å²) in [5.74, 6) is 0.130. The summed E-state index contributed by atoms with van der Waals surface area (Å²) >= 11 is 1.05. The molecule has 160 valence electrons. The number of hydrogen-bond donors (Lipinski definition) is 3. The van der Waals surface area contributed by atoms with Crippen molar-refractivity contribution in [2.75, 3.05) is 11.1 Å². The van der Waals surface area contributed by atoms with Gasteiger partial charge in [-0.2, -0.15) is 4.98 Å². The molecule has 1 saturated carbocycles. The number of anilines is 1. The van der Waals surface area contributed by atoms with Gasteiger partial charge in [0, 0.05) is 17.2 Å². The van der Waals surface area contributed by atoms with Crippen LogP contribution in [0.2, 0.25) is 0 Å². The van der Waals surface area contributed by atoms with Crippen molar-refractivity contribution in [3.8, 4) is 0 Å². The summed E-state index contributed by atoms with van der Waals surface area (Å²) in [6.07, 6.45) is 1.87. The second-order valence-corrected chi connectivity index (χ2v) is 8.17. The van der Waals surface area contributed by atoms with Crippen LogP contribution in [-0.4, -0.2) is 39.6 Å². The van der Waals surface area contributed by atoms with Gasteiger partial charge in [0.1, 0.15) is 11.6 Å². The fraction of sp³-hybridized carbons (Fsp3) is 0.286. The van der Waals surface area contributed by atoms with E-state index in [1.54, 1.807) is 31.2 Å². The number of nitrogens with zero attached hydrogens (tertiary/aromatic N) is 2. The number of furan rings is 1. The zero-order valence-electron chi connectivity index (χ0n) is 17.0. The number of aromatic nitrogens is 2. The number of hydrogen-bond acceptors (Lipinski definition) is 7. The zero-order valence-corrected chi connectivity index (χ0v) is 17.8. The number of benzene rings is 1. The highest BCUT2D eigenvalue weighted by Crippen LogP contribution is 2.31. The molecular weight excluding hydrogens is 418 g/mol. The van der Waals surface area contributed by atoms with E-state index in [2.05, 4.69) is 25.9 Å². The van der Waals surface area contributed by atoms with Crippen molar-refractivity contribution in [3.05, 3.63) is 47.2 Å². The Morgan fingerprint density at radius 3 is 2.58 bits per heavy atom. The van der Waals surface area contributed by atoms with Crippen molar-refractivity contribution >= 4 is 46.5 Å². The molecule has 0 bridgehead atoms. The van der Waals surface area contributed by atoms with Crippen molar-refractivity contribution in [3.63, 3.8) is 0 Å². The maximum Gasteiger partial charge on any atom is 0.321 e. The summed E-state index contributed by atoms with van der Waals surface area (Å²) in [4.78, 5) is 45.2. The Hall–Kier alpha value is -3.40. The number of thioether (sulfide) groups is 1. The molecule has 0 unspecified atom stereocenters. The van der Waals surface area contributed by atoms with Crippen LogP contribution in [0, 0.1) is 13.8 Å². The molecule has 0 spiro atoms. The SMILES string of the molecule is Cc1oc2nc(SCC(=O)NC(=O)NC3CC3)nc(NC(=O)c3ccccc3)c2c1C. The van der Waals surface area contributed by atoms with E-state index in [-0.39, 0.29) is 22.9 Å². The molecule has 0 saturated heterocycles.